The quantitative estimate of drug-likeness (QED) is 0.359. The fourth-order valence-electron chi connectivity index (χ4n) is 2.55. The number of alkyl halides is 3. The molecule has 3 aromatic rings. The maximum atomic E-state index is 12.4. The molecule has 0 aliphatic rings. The van der Waals surface area contributed by atoms with E-state index in [1.807, 2.05) is 0 Å². The summed E-state index contributed by atoms with van der Waals surface area (Å²) in [6.07, 6.45) is 0. The highest BCUT2D eigenvalue weighted by Gasteiger charge is 2.48. The zero-order valence-electron chi connectivity index (χ0n) is 14.4. The number of methoxy groups -OCH3 is 1. The summed E-state index contributed by atoms with van der Waals surface area (Å²) >= 11 is 0. The fraction of sp³-hybridized carbons (Fsp3) is 0.105. The van der Waals surface area contributed by atoms with Crippen LogP contribution in [0.1, 0.15) is 10.4 Å². The second-order valence-corrected chi connectivity index (χ2v) is 7.31. The molecule has 0 heterocycles. The number of rotatable bonds is 4. The highest BCUT2D eigenvalue weighted by molar-refractivity contribution is 7.88. The van der Waals surface area contributed by atoms with E-state index in [0.717, 1.165) is 17.2 Å². The molecule has 0 unspecified atom stereocenters. The van der Waals surface area contributed by atoms with Crippen molar-refractivity contribution in [1.82, 2.24) is 0 Å². The molecule has 0 bridgehead atoms. The lowest BCUT2D eigenvalue weighted by atomic mass is 10.0. The van der Waals surface area contributed by atoms with E-state index in [-0.39, 0.29) is 0 Å². The van der Waals surface area contributed by atoms with E-state index in [2.05, 4.69) is 8.92 Å². The van der Waals surface area contributed by atoms with Crippen molar-refractivity contribution < 1.29 is 35.3 Å². The molecular formula is C19H13F3O5S. The largest absolute Gasteiger partial charge is 0.534 e. The third-order valence-electron chi connectivity index (χ3n) is 3.94. The van der Waals surface area contributed by atoms with Gasteiger partial charge in [0.05, 0.1) is 12.7 Å². The zero-order chi connectivity index (χ0) is 20.5. The van der Waals surface area contributed by atoms with Crippen molar-refractivity contribution in [3.8, 4) is 16.9 Å². The van der Waals surface area contributed by atoms with Gasteiger partial charge >= 0.3 is 21.6 Å². The van der Waals surface area contributed by atoms with E-state index in [1.54, 1.807) is 42.5 Å². The lowest BCUT2D eigenvalue weighted by Crippen LogP contribution is -2.28. The van der Waals surface area contributed by atoms with Crippen LogP contribution >= 0.6 is 0 Å². The van der Waals surface area contributed by atoms with E-state index >= 15 is 0 Å². The fourth-order valence-corrected chi connectivity index (χ4v) is 3.00. The Kier molecular flexibility index (Phi) is 5.03. The smallest absolute Gasteiger partial charge is 0.465 e. The number of benzene rings is 3. The van der Waals surface area contributed by atoms with Crippen molar-refractivity contribution in [2.24, 2.45) is 0 Å². The van der Waals surface area contributed by atoms with Gasteiger partial charge in [0.25, 0.3) is 0 Å². The number of carbonyl (C=O) groups is 1. The maximum Gasteiger partial charge on any atom is 0.534 e. The molecule has 0 saturated carbocycles. The van der Waals surface area contributed by atoms with Crippen molar-refractivity contribution in [2.45, 2.75) is 5.51 Å². The second-order valence-electron chi connectivity index (χ2n) is 5.78. The number of carbonyl (C=O) groups excluding carboxylic acids is 1. The van der Waals surface area contributed by atoms with Crippen LogP contribution in [-0.4, -0.2) is 27.0 Å². The van der Waals surface area contributed by atoms with Gasteiger partial charge in [-0.2, -0.15) is 21.6 Å². The van der Waals surface area contributed by atoms with Crippen LogP contribution in [0.15, 0.2) is 60.7 Å². The molecule has 5 nitrogen and oxygen atoms in total. The number of hydrogen-bond donors (Lipinski definition) is 0. The molecule has 0 saturated heterocycles. The standard InChI is InChI=1S/C19H13F3O5S/c1-26-18(23)13-4-2-12(3-5-13)14-6-7-16-11-17(9-8-15(16)10-14)27-28(24,25)19(20,21)22/h2-11H,1H3. The molecule has 0 aromatic heterocycles. The van der Waals surface area contributed by atoms with Crippen LogP contribution in [0.5, 0.6) is 5.75 Å². The third kappa shape index (κ3) is 3.94. The molecule has 0 aliphatic carbocycles. The monoisotopic (exact) mass is 410 g/mol. The van der Waals surface area contributed by atoms with Gasteiger partial charge in [-0.3, -0.25) is 0 Å². The lowest BCUT2D eigenvalue weighted by molar-refractivity contribution is -0.0500. The van der Waals surface area contributed by atoms with Gasteiger partial charge in [-0.1, -0.05) is 30.3 Å². The summed E-state index contributed by atoms with van der Waals surface area (Å²) in [4.78, 5) is 11.5. The van der Waals surface area contributed by atoms with E-state index in [0.29, 0.717) is 16.3 Å². The minimum atomic E-state index is -5.72. The molecule has 0 amide bonds. The van der Waals surface area contributed by atoms with E-state index in [1.165, 1.54) is 19.2 Å². The summed E-state index contributed by atoms with van der Waals surface area (Å²) in [5.74, 6) is -0.883. The Balaban J connectivity index is 1.90. The summed E-state index contributed by atoms with van der Waals surface area (Å²) in [5.41, 5.74) is -3.47. The van der Waals surface area contributed by atoms with Crippen molar-refractivity contribution in [3.63, 3.8) is 0 Å². The van der Waals surface area contributed by atoms with E-state index in [4.69, 9.17) is 0 Å². The average molecular weight is 410 g/mol. The summed E-state index contributed by atoms with van der Waals surface area (Å²) < 4.78 is 68.3. The Labute approximate surface area is 158 Å². The molecule has 146 valence electrons. The van der Waals surface area contributed by atoms with Crippen LogP contribution < -0.4 is 4.18 Å². The highest BCUT2D eigenvalue weighted by atomic mass is 32.2. The first-order chi connectivity index (χ1) is 13.1. The summed E-state index contributed by atoms with van der Waals surface area (Å²) in [5, 5.41) is 1.18. The van der Waals surface area contributed by atoms with Crippen LogP contribution in [0, 0.1) is 0 Å². The molecule has 0 radical (unpaired) electrons. The molecule has 3 rings (SSSR count). The molecule has 0 fully saturated rings. The zero-order valence-corrected chi connectivity index (χ0v) is 15.2. The third-order valence-corrected chi connectivity index (χ3v) is 4.92. The van der Waals surface area contributed by atoms with Gasteiger partial charge in [-0.15, -0.1) is 0 Å². The van der Waals surface area contributed by atoms with Crippen LogP contribution in [0.2, 0.25) is 0 Å². The minimum absolute atomic E-state index is 0.403. The van der Waals surface area contributed by atoms with Crippen molar-refractivity contribution in [3.05, 3.63) is 66.2 Å². The van der Waals surface area contributed by atoms with Gasteiger partial charge in [0.1, 0.15) is 5.75 Å². The average Bonchev–Trinajstić information content (AvgIpc) is 2.66. The molecule has 0 N–H and O–H groups in total. The Morgan fingerprint density at radius 3 is 2.04 bits per heavy atom. The summed E-state index contributed by atoms with van der Waals surface area (Å²) in [6, 6.07) is 15.7. The molecule has 0 aliphatic heterocycles. The SMILES string of the molecule is COC(=O)c1ccc(-c2ccc3cc(OS(=O)(=O)C(F)(F)F)ccc3c2)cc1. The molecule has 3 aromatic carbocycles. The molecule has 28 heavy (non-hydrogen) atoms. The maximum absolute atomic E-state index is 12.4. The topological polar surface area (TPSA) is 69.7 Å². The first kappa shape index (κ1) is 19.7. The molecular weight excluding hydrogens is 397 g/mol. The highest BCUT2D eigenvalue weighted by Crippen LogP contribution is 2.30. The number of hydrogen-bond acceptors (Lipinski definition) is 5. The van der Waals surface area contributed by atoms with Gasteiger partial charge < -0.3 is 8.92 Å². The summed E-state index contributed by atoms with van der Waals surface area (Å²) in [7, 11) is -4.43. The van der Waals surface area contributed by atoms with E-state index < -0.39 is 27.3 Å². The minimum Gasteiger partial charge on any atom is -0.465 e. The number of halogens is 3. The van der Waals surface area contributed by atoms with Crippen molar-refractivity contribution >= 4 is 26.9 Å². The lowest BCUT2D eigenvalue weighted by Gasteiger charge is -2.10. The normalized spacial score (nSPS) is 12.0. The number of ether oxygens (including phenoxy) is 1. The Hall–Kier alpha value is -3.07. The van der Waals surface area contributed by atoms with Crippen LogP contribution in [0.4, 0.5) is 13.2 Å². The van der Waals surface area contributed by atoms with Gasteiger partial charge in [0, 0.05) is 0 Å². The van der Waals surface area contributed by atoms with Crippen LogP contribution in [0.3, 0.4) is 0 Å². The van der Waals surface area contributed by atoms with Crippen molar-refractivity contribution in [2.75, 3.05) is 7.11 Å². The van der Waals surface area contributed by atoms with Crippen molar-refractivity contribution in [1.29, 1.82) is 0 Å². The number of esters is 1. The Morgan fingerprint density at radius 1 is 0.857 bits per heavy atom. The number of fused-ring (bicyclic) bond motifs is 1. The van der Waals surface area contributed by atoms with Crippen LogP contribution in [0.25, 0.3) is 21.9 Å². The first-order valence-electron chi connectivity index (χ1n) is 7.84. The molecule has 0 atom stereocenters. The van der Waals surface area contributed by atoms with Crippen LogP contribution in [-0.2, 0) is 14.9 Å². The molecule has 9 heteroatoms. The van der Waals surface area contributed by atoms with Gasteiger partial charge in [0.15, 0.2) is 0 Å². The van der Waals surface area contributed by atoms with Gasteiger partial charge in [-0.05, 0) is 52.2 Å². The predicted octanol–water partition coefficient (Wildman–Crippen LogP) is 4.52. The second kappa shape index (κ2) is 7.16. The predicted molar refractivity (Wildman–Crippen MR) is 96.3 cm³/mol. The Bertz CT molecular complexity index is 1140. The molecule has 0 spiro atoms. The Morgan fingerprint density at radius 2 is 1.43 bits per heavy atom. The first-order valence-corrected chi connectivity index (χ1v) is 9.25. The van der Waals surface area contributed by atoms with E-state index in [9.17, 15) is 26.4 Å². The van der Waals surface area contributed by atoms with Gasteiger partial charge in [-0.25, -0.2) is 4.79 Å². The van der Waals surface area contributed by atoms with Gasteiger partial charge in [0.2, 0.25) is 0 Å². The summed E-state index contributed by atoms with van der Waals surface area (Å²) in [6.45, 7) is 0.